The molecular weight excluding hydrogens is 390 g/mol. The van der Waals surface area contributed by atoms with Crippen molar-refractivity contribution < 1.29 is 18.9 Å². The van der Waals surface area contributed by atoms with E-state index in [2.05, 4.69) is 43.4 Å². The van der Waals surface area contributed by atoms with Crippen LogP contribution in [-0.4, -0.2) is 34.0 Å². The molecule has 170 valence electrons. The van der Waals surface area contributed by atoms with Crippen LogP contribution in [0.5, 0.6) is 23.0 Å². The maximum atomic E-state index is 6.04. The Morgan fingerprint density at radius 2 is 1.52 bits per heavy atom. The van der Waals surface area contributed by atoms with Gasteiger partial charge in [-0.1, -0.05) is 32.8 Å². The molecule has 2 aromatic rings. The summed E-state index contributed by atoms with van der Waals surface area (Å²) in [5.41, 5.74) is 3.84. The van der Waals surface area contributed by atoms with Crippen molar-refractivity contribution in [2.45, 2.75) is 58.4 Å². The molecule has 0 saturated carbocycles. The lowest BCUT2D eigenvalue weighted by Gasteiger charge is -2.28. The van der Waals surface area contributed by atoms with Crippen LogP contribution < -0.4 is 24.3 Å². The van der Waals surface area contributed by atoms with Crippen LogP contribution in [0, 0.1) is 0 Å². The highest BCUT2D eigenvalue weighted by Gasteiger charge is 2.23. The largest absolute Gasteiger partial charge is 0.493 e. The summed E-state index contributed by atoms with van der Waals surface area (Å²) in [7, 11) is 3.41. The summed E-state index contributed by atoms with van der Waals surface area (Å²) in [6, 6.07) is 10.8. The Labute approximate surface area is 187 Å². The van der Waals surface area contributed by atoms with E-state index in [1.54, 1.807) is 14.2 Å². The third-order valence-electron chi connectivity index (χ3n) is 5.76. The van der Waals surface area contributed by atoms with Crippen molar-refractivity contribution >= 4 is 0 Å². The van der Waals surface area contributed by atoms with E-state index in [1.165, 1.54) is 16.7 Å². The number of rotatable bonds is 12. The Morgan fingerprint density at radius 3 is 2.19 bits per heavy atom. The maximum Gasteiger partial charge on any atom is 0.161 e. The van der Waals surface area contributed by atoms with Gasteiger partial charge in [0.25, 0.3) is 0 Å². The SMILES string of the molecule is CCCCOc1ccc(C[C@@H]2NCCc3cc(OC)c(OCCCC)cc32)cc1OC. The van der Waals surface area contributed by atoms with Crippen molar-refractivity contribution in [1.82, 2.24) is 5.32 Å². The molecule has 1 aliphatic heterocycles. The number of benzene rings is 2. The average molecular weight is 428 g/mol. The summed E-state index contributed by atoms with van der Waals surface area (Å²) in [5, 5.41) is 3.68. The molecule has 0 radical (unpaired) electrons. The monoisotopic (exact) mass is 427 g/mol. The van der Waals surface area contributed by atoms with Crippen molar-refractivity contribution in [3.8, 4) is 23.0 Å². The molecule has 0 bridgehead atoms. The second-order valence-electron chi connectivity index (χ2n) is 8.05. The van der Waals surface area contributed by atoms with Crippen LogP contribution in [0.1, 0.15) is 62.3 Å². The number of hydrogen-bond acceptors (Lipinski definition) is 5. The van der Waals surface area contributed by atoms with E-state index in [0.29, 0.717) is 13.2 Å². The zero-order valence-electron chi connectivity index (χ0n) is 19.5. The van der Waals surface area contributed by atoms with E-state index < -0.39 is 0 Å². The molecule has 0 spiro atoms. The summed E-state index contributed by atoms with van der Waals surface area (Å²) in [5.74, 6) is 3.27. The predicted molar refractivity (Wildman–Crippen MR) is 125 cm³/mol. The van der Waals surface area contributed by atoms with E-state index in [9.17, 15) is 0 Å². The predicted octanol–water partition coefficient (Wildman–Crippen LogP) is 5.49. The number of fused-ring (bicyclic) bond motifs is 1. The molecule has 1 N–H and O–H groups in total. The molecule has 5 nitrogen and oxygen atoms in total. The van der Waals surface area contributed by atoms with E-state index in [4.69, 9.17) is 18.9 Å². The van der Waals surface area contributed by atoms with Gasteiger partial charge in [-0.05, 0) is 73.2 Å². The summed E-state index contributed by atoms with van der Waals surface area (Å²) in [6.07, 6.45) is 6.16. The fourth-order valence-electron chi connectivity index (χ4n) is 3.95. The summed E-state index contributed by atoms with van der Waals surface area (Å²) in [6.45, 7) is 6.70. The van der Waals surface area contributed by atoms with Crippen LogP contribution >= 0.6 is 0 Å². The smallest absolute Gasteiger partial charge is 0.161 e. The van der Waals surface area contributed by atoms with E-state index in [-0.39, 0.29) is 6.04 Å². The summed E-state index contributed by atoms with van der Waals surface area (Å²) < 4.78 is 23.1. The fraction of sp³-hybridized carbons (Fsp3) is 0.538. The van der Waals surface area contributed by atoms with Gasteiger partial charge < -0.3 is 24.3 Å². The minimum Gasteiger partial charge on any atom is -0.493 e. The van der Waals surface area contributed by atoms with Crippen LogP contribution in [0.25, 0.3) is 0 Å². The lowest BCUT2D eigenvalue weighted by atomic mass is 9.89. The van der Waals surface area contributed by atoms with Crippen LogP contribution in [0.3, 0.4) is 0 Å². The molecule has 1 atom stereocenters. The number of hydrogen-bond donors (Lipinski definition) is 1. The van der Waals surface area contributed by atoms with Gasteiger partial charge in [-0.3, -0.25) is 0 Å². The Morgan fingerprint density at radius 1 is 0.839 bits per heavy atom. The van der Waals surface area contributed by atoms with Crippen LogP contribution in [0.4, 0.5) is 0 Å². The zero-order valence-corrected chi connectivity index (χ0v) is 19.5. The van der Waals surface area contributed by atoms with Gasteiger partial charge in [0.05, 0.1) is 27.4 Å². The van der Waals surface area contributed by atoms with Crippen molar-refractivity contribution in [3.63, 3.8) is 0 Å². The quantitative estimate of drug-likeness (QED) is 0.454. The van der Waals surface area contributed by atoms with Gasteiger partial charge >= 0.3 is 0 Å². The van der Waals surface area contributed by atoms with Crippen LogP contribution in [0.2, 0.25) is 0 Å². The second kappa shape index (κ2) is 11.8. The van der Waals surface area contributed by atoms with Crippen molar-refractivity contribution in [2.24, 2.45) is 0 Å². The highest BCUT2D eigenvalue weighted by atomic mass is 16.5. The Bertz CT molecular complexity index is 836. The first kappa shape index (κ1) is 23.3. The first-order valence-corrected chi connectivity index (χ1v) is 11.6. The van der Waals surface area contributed by atoms with Crippen LogP contribution in [0.15, 0.2) is 30.3 Å². The molecule has 1 aliphatic rings. The first-order valence-electron chi connectivity index (χ1n) is 11.6. The minimum atomic E-state index is 0.222. The van der Waals surface area contributed by atoms with Gasteiger partial charge in [0, 0.05) is 6.04 Å². The molecule has 0 unspecified atom stereocenters. The minimum absolute atomic E-state index is 0.222. The molecule has 0 aliphatic carbocycles. The lowest BCUT2D eigenvalue weighted by molar-refractivity contribution is 0.286. The third-order valence-corrected chi connectivity index (χ3v) is 5.76. The molecule has 5 heteroatoms. The zero-order chi connectivity index (χ0) is 22.1. The lowest BCUT2D eigenvalue weighted by Crippen LogP contribution is -2.31. The number of methoxy groups -OCH3 is 2. The molecule has 0 fully saturated rings. The van der Waals surface area contributed by atoms with Gasteiger partial charge in [-0.25, -0.2) is 0 Å². The summed E-state index contributed by atoms with van der Waals surface area (Å²) in [4.78, 5) is 0. The molecule has 0 aromatic heterocycles. The topological polar surface area (TPSA) is 49.0 Å². The molecular formula is C26H37NO4. The molecule has 0 saturated heterocycles. The third kappa shape index (κ3) is 6.07. The second-order valence-corrected chi connectivity index (χ2v) is 8.05. The molecule has 3 rings (SSSR count). The van der Waals surface area contributed by atoms with Crippen LogP contribution in [-0.2, 0) is 12.8 Å². The number of unbranched alkanes of at least 4 members (excludes halogenated alkanes) is 2. The van der Waals surface area contributed by atoms with Gasteiger partial charge in [0.1, 0.15) is 0 Å². The fourth-order valence-corrected chi connectivity index (χ4v) is 3.95. The molecule has 31 heavy (non-hydrogen) atoms. The standard InChI is InChI=1S/C26H37NO4/c1-5-7-13-30-23-10-9-19(16-24(23)28-3)15-22-21-18-26(31-14-8-6-2)25(29-4)17-20(21)11-12-27-22/h9-10,16-18,22,27H,5-8,11-15H2,1-4H3/t22-/m0/s1. The molecule has 0 amide bonds. The maximum absolute atomic E-state index is 6.04. The molecule has 2 aromatic carbocycles. The van der Waals surface area contributed by atoms with E-state index in [0.717, 1.165) is 68.1 Å². The Hall–Kier alpha value is -2.40. The van der Waals surface area contributed by atoms with Gasteiger partial charge in [-0.15, -0.1) is 0 Å². The van der Waals surface area contributed by atoms with Gasteiger partial charge in [0.2, 0.25) is 0 Å². The first-order chi connectivity index (χ1) is 15.2. The van der Waals surface area contributed by atoms with Gasteiger partial charge in [-0.2, -0.15) is 0 Å². The highest BCUT2D eigenvalue weighted by molar-refractivity contribution is 5.50. The highest BCUT2D eigenvalue weighted by Crippen LogP contribution is 2.37. The average Bonchev–Trinajstić information content (AvgIpc) is 2.80. The van der Waals surface area contributed by atoms with Crippen molar-refractivity contribution in [3.05, 3.63) is 47.0 Å². The van der Waals surface area contributed by atoms with E-state index >= 15 is 0 Å². The van der Waals surface area contributed by atoms with Crippen molar-refractivity contribution in [1.29, 1.82) is 0 Å². The Balaban J connectivity index is 1.79. The normalized spacial score (nSPS) is 15.3. The van der Waals surface area contributed by atoms with Gasteiger partial charge in [0.15, 0.2) is 23.0 Å². The molecule has 1 heterocycles. The number of ether oxygens (including phenoxy) is 4. The van der Waals surface area contributed by atoms with E-state index in [1.807, 2.05) is 6.07 Å². The van der Waals surface area contributed by atoms with Crippen molar-refractivity contribution in [2.75, 3.05) is 34.0 Å². The number of nitrogens with one attached hydrogen (secondary N) is 1. The Kier molecular flexibility index (Phi) is 8.89. The summed E-state index contributed by atoms with van der Waals surface area (Å²) >= 11 is 0.